The molecule has 0 spiro atoms. The van der Waals surface area contributed by atoms with Crippen molar-refractivity contribution in [1.29, 1.82) is 0 Å². The molecule has 1 saturated heterocycles. The lowest BCUT2D eigenvalue weighted by molar-refractivity contribution is 0.199. The molecule has 78 valence electrons. The summed E-state index contributed by atoms with van der Waals surface area (Å²) in [6.07, 6.45) is 5.99. The molecule has 1 fully saturated rings. The molecule has 1 aliphatic rings. The normalized spacial score (nSPS) is 23.9. The van der Waals surface area contributed by atoms with Gasteiger partial charge in [0, 0.05) is 25.3 Å². The Labute approximate surface area is 83.9 Å². The van der Waals surface area contributed by atoms with Gasteiger partial charge in [-0.1, -0.05) is 5.21 Å². The summed E-state index contributed by atoms with van der Waals surface area (Å²) in [5.41, 5.74) is 5.90. The molecular formula is C9H17N5. The fourth-order valence-electron chi connectivity index (χ4n) is 1.89. The molecule has 5 heteroatoms. The van der Waals surface area contributed by atoms with E-state index in [0.717, 1.165) is 19.6 Å². The van der Waals surface area contributed by atoms with Crippen LogP contribution in [0.2, 0.25) is 0 Å². The number of piperidine rings is 1. The summed E-state index contributed by atoms with van der Waals surface area (Å²) < 4.78 is 1.86. The van der Waals surface area contributed by atoms with Crippen molar-refractivity contribution in [1.82, 2.24) is 19.9 Å². The van der Waals surface area contributed by atoms with Crippen LogP contribution in [-0.2, 0) is 6.54 Å². The quantitative estimate of drug-likeness (QED) is 0.719. The number of nitrogens with two attached hydrogens (primary N) is 1. The third-order valence-electron chi connectivity index (χ3n) is 2.66. The van der Waals surface area contributed by atoms with E-state index in [-0.39, 0.29) is 0 Å². The fourth-order valence-corrected chi connectivity index (χ4v) is 1.89. The van der Waals surface area contributed by atoms with Crippen LogP contribution in [0.15, 0.2) is 12.4 Å². The molecule has 2 heterocycles. The SMILES string of the molecule is NC1CCCN(CCn2ccnn2)C1. The predicted octanol–water partition coefficient (Wildman–Crippen LogP) is -0.299. The highest BCUT2D eigenvalue weighted by Gasteiger charge is 2.15. The summed E-state index contributed by atoms with van der Waals surface area (Å²) in [5.74, 6) is 0. The van der Waals surface area contributed by atoms with Crippen molar-refractivity contribution >= 4 is 0 Å². The van der Waals surface area contributed by atoms with Gasteiger partial charge in [-0.25, -0.2) is 0 Å². The average Bonchev–Trinajstić information content (AvgIpc) is 2.67. The van der Waals surface area contributed by atoms with Gasteiger partial charge in [0.15, 0.2) is 0 Å². The molecule has 0 aromatic carbocycles. The average molecular weight is 195 g/mol. The first-order chi connectivity index (χ1) is 6.84. The Kier molecular flexibility index (Phi) is 3.10. The second-order valence-corrected chi connectivity index (χ2v) is 3.87. The zero-order valence-corrected chi connectivity index (χ0v) is 8.34. The molecule has 0 bridgehead atoms. The molecule has 1 aromatic rings. The summed E-state index contributed by atoms with van der Waals surface area (Å²) in [4.78, 5) is 2.40. The summed E-state index contributed by atoms with van der Waals surface area (Å²) in [6, 6.07) is 0.361. The first-order valence-corrected chi connectivity index (χ1v) is 5.16. The molecule has 0 amide bonds. The van der Waals surface area contributed by atoms with E-state index >= 15 is 0 Å². The maximum atomic E-state index is 5.90. The van der Waals surface area contributed by atoms with Gasteiger partial charge in [0.1, 0.15) is 0 Å². The van der Waals surface area contributed by atoms with Crippen molar-refractivity contribution in [3.05, 3.63) is 12.4 Å². The van der Waals surface area contributed by atoms with Gasteiger partial charge in [-0.2, -0.15) is 0 Å². The third kappa shape index (κ3) is 2.52. The maximum Gasteiger partial charge on any atom is 0.0692 e. The Balaban J connectivity index is 1.75. The summed E-state index contributed by atoms with van der Waals surface area (Å²) in [6.45, 7) is 4.13. The van der Waals surface area contributed by atoms with Crippen LogP contribution in [0.4, 0.5) is 0 Å². The van der Waals surface area contributed by atoms with Crippen molar-refractivity contribution in [2.24, 2.45) is 5.73 Å². The molecular weight excluding hydrogens is 178 g/mol. The van der Waals surface area contributed by atoms with E-state index in [1.165, 1.54) is 19.4 Å². The van der Waals surface area contributed by atoms with Crippen molar-refractivity contribution in [2.45, 2.75) is 25.4 Å². The van der Waals surface area contributed by atoms with Crippen LogP contribution in [-0.4, -0.2) is 45.6 Å². The van der Waals surface area contributed by atoms with Gasteiger partial charge >= 0.3 is 0 Å². The number of rotatable bonds is 3. The van der Waals surface area contributed by atoms with Crippen molar-refractivity contribution < 1.29 is 0 Å². The molecule has 0 saturated carbocycles. The van der Waals surface area contributed by atoms with Crippen LogP contribution in [0.1, 0.15) is 12.8 Å². The zero-order chi connectivity index (χ0) is 9.80. The zero-order valence-electron chi connectivity index (χ0n) is 8.34. The highest BCUT2D eigenvalue weighted by molar-refractivity contribution is 4.75. The number of nitrogens with zero attached hydrogens (tertiary/aromatic N) is 4. The lowest BCUT2D eigenvalue weighted by Crippen LogP contribution is -2.43. The van der Waals surface area contributed by atoms with Crippen LogP contribution < -0.4 is 5.73 Å². The first-order valence-electron chi connectivity index (χ1n) is 5.16. The van der Waals surface area contributed by atoms with Gasteiger partial charge in [-0.3, -0.25) is 9.58 Å². The van der Waals surface area contributed by atoms with Gasteiger partial charge < -0.3 is 5.73 Å². The highest BCUT2D eigenvalue weighted by Crippen LogP contribution is 2.07. The number of likely N-dealkylation sites (tertiary alicyclic amines) is 1. The molecule has 5 nitrogen and oxygen atoms in total. The molecule has 1 aliphatic heterocycles. The highest BCUT2D eigenvalue weighted by atomic mass is 15.4. The van der Waals surface area contributed by atoms with E-state index in [2.05, 4.69) is 15.2 Å². The largest absolute Gasteiger partial charge is 0.327 e. The number of hydrogen-bond donors (Lipinski definition) is 1. The molecule has 2 N–H and O–H groups in total. The Morgan fingerprint density at radius 2 is 2.36 bits per heavy atom. The number of hydrogen-bond acceptors (Lipinski definition) is 4. The molecule has 1 unspecified atom stereocenters. The topological polar surface area (TPSA) is 60.0 Å². The summed E-state index contributed by atoms with van der Waals surface area (Å²) >= 11 is 0. The van der Waals surface area contributed by atoms with Crippen LogP contribution in [0, 0.1) is 0 Å². The van der Waals surface area contributed by atoms with Crippen LogP contribution >= 0.6 is 0 Å². The Bertz CT molecular complexity index is 258. The fraction of sp³-hybridized carbons (Fsp3) is 0.778. The van der Waals surface area contributed by atoms with Gasteiger partial charge in [-0.05, 0) is 19.4 Å². The van der Waals surface area contributed by atoms with Crippen LogP contribution in [0.3, 0.4) is 0 Å². The minimum atomic E-state index is 0.361. The first kappa shape index (κ1) is 9.61. The third-order valence-corrected chi connectivity index (χ3v) is 2.66. The van der Waals surface area contributed by atoms with Crippen LogP contribution in [0.25, 0.3) is 0 Å². The van der Waals surface area contributed by atoms with Crippen LogP contribution in [0.5, 0.6) is 0 Å². The van der Waals surface area contributed by atoms with Gasteiger partial charge in [0.2, 0.25) is 0 Å². The molecule has 1 atom stereocenters. The monoisotopic (exact) mass is 195 g/mol. The Hall–Kier alpha value is -0.940. The van der Waals surface area contributed by atoms with E-state index in [4.69, 9.17) is 5.73 Å². The Morgan fingerprint density at radius 1 is 1.43 bits per heavy atom. The molecule has 2 rings (SSSR count). The van der Waals surface area contributed by atoms with E-state index < -0.39 is 0 Å². The minimum Gasteiger partial charge on any atom is -0.327 e. The number of aromatic nitrogens is 3. The van der Waals surface area contributed by atoms with Gasteiger partial charge in [0.05, 0.1) is 12.7 Å². The summed E-state index contributed by atoms with van der Waals surface area (Å²) in [7, 11) is 0. The van der Waals surface area contributed by atoms with Crippen molar-refractivity contribution in [3.63, 3.8) is 0 Å². The molecule has 14 heavy (non-hydrogen) atoms. The lowest BCUT2D eigenvalue weighted by atomic mass is 10.1. The maximum absolute atomic E-state index is 5.90. The molecule has 0 aliphatic carbocycles. The van der Waals surface area contributed by atoms with E-state index in [1.54, 1.807) is 6.20 Å². The summed E-state index contributed by atoms with van der Waals surface area (Å²) in [5, 5.41) is 7.70. The predicted molar refractivity (Wildman–Crippen MR) is 53.7 cm³/mol. The molecule has 0 radical (unpaired) electrons. The second-order valence-electron chi connectivity index (χ2n) is 3.87. The van der Waals surface area contributed by atoms with E-state index in [1.807, 2.05) is 10.9 Å². The van der Waals surface area contributed by atoms with Crippen molar-refractivity contribution in [2.75, 3.05) is 19.6 Å². The molecule has 1 aromatic heterocycles. The lowest BCUT2D eigenvalue weighted by Gasteiger charge is -2.30. The van der Waals surface area contributed by atoms with E-state index in [9.17, 15) is 0 Å². The minimum absolute atomic E-state index is 0.361. The van der Waals surface area contributed by atoms with E-state index in [0.29, 0.717) is 6.04 Å². The standard InChI is InChI=1S/C9H17N5/c10-9-2-1-4-13(8-9)6-7-14-5-3-11-12-14/h3,5,9H,1-2,4,6-8,10H2. The second kappa shape index (κ2) is 4.52. The smallest absolute Gasteiger partial charge is 0.0692 e. The van der Waals surface area contributed by atoms with Gasteiger partial charge in [-0.15, -0.1) is 5.10 Å². The Morgan fingerprint density at radius 3 is 3.07 bits per heavy atom. The van der Waals surface area contributed by atoms with Gasteiger partial charge in [0.25, 0.3) is 0 Å². The van der Waals surface area contributed by atoms with Crippen molar-refractivity contribution in [3.8, 4) is 0 Å².